The number of benzene rings is 3. The lowest BCUT2D eigenvalue weighted by atomic mass is 10.2. The van der Waals surface area contributed by atoms with Gasteiger partial charge < -0.3 is 5.11 Å². The zero-order valence-electron chi connectivity index (χ0n) is 14.9. The highest BCUT2D eigenvalue weighted by Crippen LogP contribution is 2.24. The van der Waals surface area contributed by atoms with E-state index in [1.165, 1.54) is 0 Å². The van der Waals surface area contributed by atoms with Crippen LogP contribution in [0.2, 0.25) is 0 Å². The predicted molar refractivity (Wildman–Crippen MR) is 107 cm³/mol. The summed E-state index contributed by atoms with van der Waals surface area (Å²) in [5.41, 5.74) is 2.47. The number of phenols is 1. The smallest absolute Gasteiger partial charge is 0.263 e. The zero-order valence-corrected chi connectivity index (χ0v) is 14.9. The van der Waals surface area contributed by atoms with Crippen LogP contribution in [0, 0.1) is 0 Å². The Morgan fingerprint density at radius 2 is 1.54 bits per heavy atom. The number of para-hydroxylation sites is 1. The number of rotatable bonds is 3. The van der Waals surface area contributed by atoms with E-state index in [0.717, 1.165) is 16.6 Å². The van der Waals surface area contributed by atoms with Crippen LogP contribution in [0.1, 0.15) is 5.56 Å². The highest BCUT2D eigenvalue weighted by atomic mass is 16.3. The summed E-state index contributed by atoms with van der Waals surface area (Å²) < 4.78 is 3.54. The maximum Gasteiger partial charge on any atom is 0.263 e. The molecule has 6 heteroatoms. The van der Waals surface area contributed by atoms with E-state index in [-0.39, 0.29) is 11.3 Å². The van der Waals surface area contributed by atoms with Crippen LogP contribution in [0.3, 0.4) is 0 Å². The average molecular weight is 368 g/mol. The summed E-state index contributed by atoms with van der Waals surface area (Å²) in [7, 11) is 0. The van der Waals surface area contributed by atoms with Gasteiger partial charge in [0.05, 0.1) is 17.4 Å². The molecule has 0 saturated heterocycles. The van der Waals surface area contributed by atoms with E-state index in [9.17, 15) is 9.90 Å². The Morgan fingerprint density at radius 3 is 2.32 bits per heavy atom. The van der Waals surface area contributed by atoms with E-state index in [0.29, 0.717) is 23.5 Å². The van der Waals surface area contributed by atoms with Crippen molar-refractivity contribution in [2.45, 2.75) is 6.54 Å². The Bertz CT molecular complexity index is 1350. The maximum atomic E-state index is 13.2. The lowest BCUT2D eigenvalue weighted by Crippen LogP contribution is -2.24. The van der Waals surface area contributed by atoms with Gasteiger partial charge in [0.25, 0.3) is 5.56 Å². The molecule has 5 aromatic rings. The number of hydrogen-bond acceptors (Lipinski definition) is 4. The molecule has 136 valence electrons. The van der Waals surface area contributed by atoms with E-state index < -0.39 is 0 Å². The SMILES string of the molecule is O=c1c2ccccc2n2c(-c3ccc(O)cc3)nnc2n1Cc1ccccc1. The van der Waals surface area contributed by atoms with Gasteiger partial charge in [0.2, 0.25) is 5.78 Å². The number of aromatic hydroxyl groups is 1. The zero-order chi connectivity index (χ0) is 19.1. The molecule has 1 N–H and O–H groups in total. The first kappa shape index (κ1) is 16.3. The number of hydrogen-bond donors (Lipinski definition) is 1. The molecular weight excluding hydrogens is 352 g/mol. The molecule has 0 spiro atoms. The molecule has 6 nitrogen and oxygen atoms in total. The van der Waals surface area contributed by atoms with Gasteiger partial charge in [-0.3, -0.25) is 13.8 Å². The number of phenolic OH excluding ortho intramolecular Hbond substituents is 1. The first-order valence-electron chi connectivity index (χ1n) is 8.92. The maximum absolute atomic E-state index is 13.2. The Kier molecular flexibility index (Phi) is 3.69. The summed E-state index contributed by atoms with van der Waals surface area (Å²) in [5.74, 6) is 1.28. The monoisotopic (exact) mass is 368 g/mol. The van der Waals surface area contributed by atoms with Crippen molar-refractivity contribution < 1.29 is 5.11 Å². The molecule has 0 radical (unpaired) electrons. The highest BCUT2D eigenvalue weighted by molar-refractivity contribution is 5.82. The minimum absolute atomic E-state index is 0.100. The fourth-order valence-electron chi connectivity index (χ4n) is 3.46. The molecule has 0 bridgehead atoms. The third kappa shape index (κ3) is 2.54. The molecule has 0 aliphatic carbocycles. The van der Waals surface area contributed by atoms with Gasteiger partial charge in [-0.1, -0.05) is 42.5 Å². The van der Waals surface area contributed by atoms with Crippen molar-refractivity contribution in [2.75, 3.05) is 0 Å². The van der Waals surface area contributed by atoms with Gasteiger partial charge >= 0.3 is 0 Å². The van der Waals surface area contributed by atoms with Crippen LogP contribution in [-0.2, 0) is 6.54 Å². The van der Waals surface area contributed by atoms with Crippen LogP contribution in [0.15, 0.2) is 83.7 Å². The normalized spacial score (nSPS) is 11.3. The molecule has 0 unspecified atom stereocenters. The van der Waals surface area contributed by atoms with Gasteiger partial charge in [-0.15, -0.1) is 10.2 Å². The van der Waals surface area contributed by atoms with Crippen molar-refractivity contribution in [2.24, 2.45) is 0 Å². The highest BCUT2D eigenvalue weighted by Gasteiger charge is 2.17. The summed E-state index contributed by atoms with van der Waals surface area (Å²) >= 11 is 0. The lowest BCUT2D eigenvalue weighted by molar-refractivity contribution is 0.475. The van der Waals surface area contributed by atoms with E-state index in [2.05, 4.69) is 10.2 Å². The van der Waals surface area contributed by atoms with Crippen molar-refractivity contribution in [1.82, 2.24) is 19.2 Å². The van der Waals surface area contributed by atoms with Crippen molar-refractivity contribution in [3.05, 3.63) is 94.8 Å². The molecular formula is C22H16N4O2. The molecule has 0 fully saturated rings. The fourth-order valence-corrected chi connectivity index (χ4v) is 3.46. The molecule has 0 saturated carbocycles. The molecule has 3 aromatic carbocycles. The molecule has 0 aliphatic rings. The molecule has 28 heavy (non-hydrogen) atoms. The van der Waals surface area contributed by atoms with E-state index in [4.69, 9.17) is 0 Å². The standard InChI is InChI=1S/C22H16N4O2/c27-17-12-10-16(11-13-17)20-23-24-22-25(14-15-6-2-1-3-7-15)21(28)18-8-4-5-9-19(18)26(20)22/h1-13,27H,14H2. The van der Waals surface area contributed by atoms with Crippen molar-refractivity contribution in [3.8, 4) is 17.1 Å². The van der Waals surface area contributed by atoms with Gasteiger partial charge in [0, 0.05) is 5.56 Å². The first-order valence-corrected chi connectivity index (χ1v) is 8.92. The van der Waals surface area contributed by atoms with E-state index >= 15 is 0 Å². The minimum Gasteiger partial charge on any atom is -0.508 e. The van der Waals surface area contributed by atoms with Crippen molar-refractivity contribution in [1.29, 1.82) is 0 Å². The van der Waals surface area contributed by atoms with Gasteiger partial charge in [-0.05, 0) is 42.0 Å². The van der Waals surface area contributed by atoms with Gasteiger partial charge in [0.15, 0.2) is 5.82 Å². The van der Waals surface area contributed by atoms with Crippen LogP contribution in [0.25, 0.3) is 28.1 Å². The lowest BCUT2D eigenvalue weighted by Gasteiger charge is -2.11. The third-order valence-corrected chi connectivity index (χ3v) is 4.82. The molecule has 0 amide bonds. The molecule has 2 aromatic heterocycles. The Morgan fingerprint density at radius 1 is 0.821 bits per heavy atom. The second-order valence-corrected chi connectivity index (χ2v) is 6.60. The summed E-state index contributed by atoms with van der Waals surface area (Å²) in [6.07, 6.45) is 0. The number of nitrogens with zero attached hydrogens (tertiary/aromatic N) is 4. The third-order valence-electron chi connectivity index (χ3n) is 4.82. The first-order chi connectivity index (χ1) is 13.7. The predicted octanol–water partition coefficient (Wildman–Crippen LogP) is 3.47. The topological polar surface area (TPSA) is 72.4 Å². The fraction of sp³-hybridized carbons (Fsp3) is 0.0455. The average Bonchev–Trinajstić information content (AvgIpc) is 3.17. The van der Waals surface area contributed by atoms with Crippen molar-refractivity contribution in [3.63, 3.8) is 0 Å². The Hall–Kier alpha value is -3.93. The van der Waals surface area contributed by atoms with E-state index in [1.807, 2.05) is 59.0 Å². The van der Waals surface area contributed by atoms with Crippen LogP contribution in [0.4, 0.5) is 0 Å². The summed E-state index contributed by atoms with van der Waals surface area (Å²) in [6, 6.07) is 24.1. The van der Waals surface area contributed by atoms with Crippen LogP contribution < -0.4 is 5.56 Å². The summed E-state index contributed by atoms with van der Waals surface area (Å²) in [4.78, 5) is 13.2. The second kappa shape index (κ2) is 6.35. The van der Waals surface area contributed by atoms with Crippen molar-refractivity contribution >= 4 is 16.7 Å². The largest absolute Gasteiger partial charge is 0.508 e. The molecule has 0 aliphatic heterocycles. The quantitative estimate of drug-likeness (QED) is 0.529. The molecule has 5 rings (SSSR count). The molecule has 0 atom stereocenters. The number of aromatic nitrogens is 4. The second-order valence-electron chi connectivity index (χ2n) is 6.60. The Labute approximate surface area is 160 Å². The minimum atomic E-state index is -0.100. The molecule has 2 heterocycles. The van der Waals surface area contributed by atoms with Crippen LogP contribution in [0.5, 0.6) is 5.75 Å². The number of fused-ring (bicyclic) bond motifs is 3. The van der Waals surface area contributed by atoms with Crippen LogP contribution >= 0.6 is 0 Å². The summed E-state index contributed by atoms with van der Waals surface area (Å²) in [6.45, 7) is 0.404. The van der Waals surface area contributed by atoms with Gasteiger partial charge in [0.1, 0.15) is 5.75 Å². The van der Waals surface area contributed by atoms with E-state index in [1.54, 1.807) is 28.8 Å². The Balaban J connectivity index is 1.84. The summed E-state index contributed by atoms with van der Waals surface area (Å²) in [5, 5.41) is 18.9. The van der Waals surface area contributed by atoms with Crippen LogP contribution in [-0.4, -0.2) is 24.3 Å². The van der Waals surface area contributed by atoms with Gasteiger partial charge in [-0.2, -0.15) is 0 Å². The van der Waals surface area contributed by atoms with Gasteiger partial charge in [-0.25, -0.2) is 0 Å².